The summed E-state index contributed by atoms with van der Waals surface area (Å²) in [5, 5.41) is 5.50. The summed E-state index contributed by atoms with van der Waals surface area (Å²) >= 11 is 3.40. The molecule has 2 N–H and O–H groups in total. The van der Waals surface area contributed by atoms with Crippen LogP contribution in [-0.4, -0.2) is 18.9 Å². The Kier molecular flexibility index (Phi) is 6.14. The fourth-order valence-electron chi connectivity index (χ4n) is 2.00. The quantitative estimate of drug-likeness (QED) is 0.740. The molecular weight excluding hydrogens is 372 g/mol. The van der Waals surface area contributed by atoms with Crippen LogP contribution in [0.4, 0.5) is 11.4 Å². The molecule has 0 saturated heterocycles. The van der Waals surface area contributed by atoms with Crippen LogP contribution in [0.25, 0.3) is 0 Å². The molecule has 24 heavy (non-hydrogen) atoms. The molecule has 0 spiro atoms. The zero-order valence-corrected chi connectivity index (χ0v) is 14.7. The van der Waals surface area contributed by atoms with Crippen molar-refractivity contribution in [2.75, 3.05) is 17.7 Å². The van der Waals surface area contributed by atoms with Crippen molar-refractivity contribution in [1.82, 2.24) is 0 Å². The minimum Gasteiger partial charge on any atom is -0.497 e. The number of anilines is 2. The van der Waals surface area contributed by atoms with Gasteiger partial charge >= 0.3 is 0 Å². The molecule has 2 aromatic carbocycles. The van der Waals surface area contributed by atoms with Gasteiger partial charge in [-0.2, -0.15) is 0 Å². The molecule has 0 bridgehead atoms. The lowest BCUT2D eigenvalue weighted by Crippen LogP contribution is -2.15. The van der Waals surface area contributed by atoms with E-state index >= 15 is 0 Å². The van der Waals surface area contributed by atoms with Gasteiger partial charge in [-0.15, -0.1) is 0 Å². The van der Waals surface area contributed by atoms with Crippen molar-refractivity contribution in [2.24, 2.45) is 0 Å². The lowest BCUT2D eigenvalue weighted by Gasteiger charge is -2.09. The van der Waals surface area contributed by atoms with Gasteiger partial charge in [-0.3, -0.25) is 9.59 Å². The van der Waals surface area contributed by atoms with E-state index in [0.29, 0.717) is 17.1 Å². The molecule has 0 atom stereocenters. The van der Waals surface area contributed by atoms with E-state index in [-0.39, 0.29) is 18.2 Å². The van der Waals surface area contributed by atoms with Gasteiger partial charge in [0.15, 0.2) is 0 Å². The highest BCUT2D eigenvalue weighted by Crippen LogP contribution is 2.27. The molecule has 124 valence electrons. The number of rotatable bonds is 6. The molecule has 0 fully saturated rings. The van der Waals surface area contributed by atoms with E-state index in [2.05, 4.69) is 33.1 Å². The van der Waals surface area contributed by atoms with Crippen molar-refractivity contribution >= 4 is 39.1 Å². The normalized spacial score (nSPS) is 9.92. The van der Waals surface area contributed by atoms with Crippen LogP contribution in [0.2, 0.25) is 0 Å². The van der Waals surface area contributed by atoms with E-state index in [4.69, 9.17) is 4.74 Å². The maximum absolute atomic E-state index is 12.2. The summed E-state index contributed by atoms with van der Waals surface area (Å²) in [6.45, 7) is 3.39. The van der Waals surface area contributed by atoms with E-state index in [0.717, 1.165) is 10.0 Å². The Morgan fingerprint density at radius 3 is 2.46 bits per heavy atom. The van der Waals surface area contributed by atoms with Crippen molar-refractivity contribution in [2.45, 2.75) is 6.42 Å². The molecule has 2 aromatic rings. The van der Waals surface area contributed by atoms with E-state index in [1.807, 2.05) is 0 Å². The number of benzene rings is 2. The Bertz CT molecular complexity index is 757. The van der Waals surface area contributed by atoms with E-state index in [9.17, 15) is 9.59 Å². The topological polar surface area (TPSA) is 67.4 Å². The molecule has 5 nitrogen and oxygen atoms in total. The highest BCUT2D eigenvalue weighted by atomic mass is 79.9. The molecule has 0 aliphatic carbocycles. The Balaban J connectivity index is 1.97. The Morgan fingerprint density at radius 2 is 1.88 bits per heavy atom. The van der Waals surface area contributed by atoms with Crippen LogP contribution < -0.4 is 15.4 Å². The van der Waals surface area contributed by atoms with Gasteiger partial charge in [-0.1, -0.05) is 18.7 Å². The molecule has 0 aliphatic heterocycles. The van der Waals surface area contributed by atoms with Crippen LogP contribution in [0.1, 0.15) is 5.56 Å². The Hall–Kier alpha value is -2.60. The largest absolute Gasteiger partial charge is 0.497 e. The first-order valence-corrected chi connectivity index (χ1v) is 7.97. The molecular formula is C18H17BrN2O3. The second kappa shape index (κ2) is 8.31. The van der Waals surface area contributed by atoms with Crippen LogP contribution in [0.3, 0.4) is 0 Å². The monoisotopic (exact) mass is 388 g/mol. The molecule has 0 aromatic heterocycles. The second-order valence-electron chi connectivity index (χ2n) is 4.96. The number of halogens is 1. The summed E-state index contributed by atoms with van der Waals surface area (Å²) in [6.07, 6.45) is 1.43. The van der Waals surface area contributed by atoms with Crippen molar-refractivity contribution < 1.29 is 14.3 Å². The van der Waals surface area contributed by atoms with Gasteiger partial charge < -0.3 is 15.4 Å². The minimum absolute atomic E-state index is 0.135. The standard InChI is InChI=1S/C18H17BrN2O3/c1-3-17(22)20-13-6-4-12(5-7-13)10-18(23)21-16-9-8-14(24-2)11-15(16)19/h3-9,11H,1,10H2,2H3,(H,20,22)(H,21,23). The SMILES string of the molecule is C=CC(=O)Nc1ccc(CC(=O)Nc2ccc(OC)cc2Br)cc1. The number of nitrogens with one attached hydrogen (secondary N) is 2. The lowest BCUT2D eigenvalue weighted by molar-refractivity contribution is -0.115. The van der Waals surface area contributed by atoms with Crippen LogP contribution in [0, 0.1) is 0 Å². The Labute approximate surface area is 148 Å². The van der Waals surface area contributed by atoms with Crippen LogP contribution in [0.15, 0.2) is 59.6 Å². The van der Waals surface area contributed by atoms with E-state index in [1.165, 1.54) is 6.08 Å². The van der Waals surface area contributed by atoms with Crippen molar-refractivity contribution in [3.05, 3.63) is 65.2 Å². The van der Waals surface area contributed by atoms with Gasteiger partial charge in [0.25, 0.3) is 0 Å². The zero-order chi connectivity index (χ0) is 17.5. The van der Waals surface area contributed by atoms with Crippen molar-refractivity contribution in [3.8, 4) is 5.75 Å². The summed E-state index contributed by atoms with van der Waals surface area (Å²) in [7, 11) is 1.58. The van der Waals surface area contributed by atoms with Gasteiger partial charge in [0.1, 0.15) is 5.75 Å². The van der Waals surface area contributed by atoms with Crippen LogP contribution in [0.5, 0.6) is 5.75 Å². The Morgan fingerprint density at radius 1 is 1.17 bits per heavy atom. The van der Waals surface area contributed by atoms with Crippen LogP contribution in [-0.2, 0) is 16.0 Å². The number of carbonyl (C=O) groups excluding carboxylic acids is 2. The number of methoxy groups -OCH3 is 1. The van der Waals surface area contributed by atoms with Crippen molar-refractivity contribution in [3.63, 3.8) is 0 Å². The summed E-state index contributed by atoms with van der Waals surface area (Å²) in [5.74, 6) is 0.297. The second-order valence-corrected chi connectivity index (χ2v) is 5.82. The first-order valence-electron chi connectivity index (χ1n) is 7.17. The summed E-state index contributed by atoms with van der Waals surface area (Å²) in [6, 6.07) is 12.4. The van der Waals surface area contributed by atoms with Crippen LogP contribution >= 0.6 is 15.9 Å². The van der Waals surface area contributed by atoms with Gasteiger partial charge in [-0.05, 0) is 57.9 Å². The van der Waals surface area contributed by atoms with Crippen molar-refractivity contribution in [1.29, 1.82) is 0 Å². The number of carbonyl (C=O) groups is 2. The molecule has 2 amide bonds. The van der Waals surface area contributed by atoms with E-state index in [1.54, 1.807) is 49.6 Å². The lowest BCUT2D eigenvalue weighted by atomic mass is 10.1. The maximum atomic E-state index is 12.2. The first kappa shape index (κ1) is 17.7. The van der Waals surface area contributed by atoms with E-state index < -0.39 is 0 Å². The average Bonchev–Trinajstić information content (AvgIpc) is 2.58. The van der Waals surface area contributed by atoms with Gasteiger partial charge in [0.2, 0.25) is 11.8 Å². The highest BCUT2D eigenvalue weighted by molar-refractivity contribution is 9.10. The first-order chi connectivity index (χ1) is 11.5. The fourth-order valence-corrected chi connectivity index (χ4v) is 2.46. The third kappa shape index (κ3) is 4.96. The number of hydrogen-bond acceptors (Lipinski definition) is 3. The maximum Gasteiger partial charge on any atom is 0.247 e. The van der Waals surface area contributed by atoms with Gasteiger partial charge in [0, 0.05) is 10.2 Å². The molecule has 6 heteroatoms. The molecule has 0 heterocycles. The molecule has 0 radical (unpaired) electrons. The third-order valence-corrected chi connectivity index (χ3v) is 3.88. The number of hydrogen-bond donors (Lipinski definition) is 2. The molecule has 2 rings (SSSR count). The average molecular weight is 389 g/mol. The number of amides is 2. The predicted octanol–water partition coefficient (Wildman–Crippen LogP) is 3.76. The van der Waals surface area contributed by atoms with Gasteiger partial charge in [0.05, 0.1) is 19.2 Å². The highest BCUT2D eigenvalue weighted by Gasteiger charge is 2.08. The molecule has 0 unspecified atom stereocenters. The summed E-state index contributed by atoms with van der Waals surface area (Å²) in [4.78, 5) is 23.4. The fraction of sp³-hybridized carbons (Fsp3) is 0.111. The smallest absolute Gasteiger partial charge is 0.247 e. The molecule has 0 aliphatic rings. The zero-order valence-electron chi connectivity index (χ0n) is 13.1. The summed E-state index contributed by atoms with van der Waals surface area (Å²) in [5.41, 5.74) is 2.17. The van der Waals surface area contributed by atoms with Gasteiger partial charge in [-0.25, -0.2) is 0 Å². The molecule has 0 saturated carbocycles. The summed E-state index contributed by atoms with van der Waals surface area (Å²) < 4.78 is 5.87. The number of ether oxygens (including phenoxy) is 1. The minimum atomic E-state index is -0.273. The third-order valence-electron chi connectivity index (χ3n) is 3.22. The predicted molar refractivity (Wildman–Crippen MR) is 98.3 cm³/mol.